The molecule has 0 radical (unpaired) electrons. The summed E-state index contributed by atoms with van der Waals surface area (Å²) in [6.07, 6.45) is 4.71. The van der Waals surface area contributed by atoms with Crippen LogP contribution in [0.1, 0.15) is 52.3 Å². The van der Waals surface area contributed by atoms with Gasteiger partial charge in [0.05, 0.1) is 13.0 Å². The van der Waals surface area contributed by atoms with Crippen LogP contribution >= 0.6 is 0 Å². The highest BCUT2D eigenvalue weighted by molar-refractivity contribution is 5.68. The maximum Gasteiger partial charge on any atom is 0.303 e. The van der Waals surface area contributed by atoms with E-state index in [1.165, 1.54) is 22.3 Å². The number of ether oxygens (including phenoxy) is 1. The highest BCUT2D eigenvalue weighted by Gasteiger charge is 2.24. The molecule has 1 aliphatic heterocycles. The molecule has 2 aromatic carbocycles. The standard InChI is InChI=1S/C27H28N2O3/c30-26(31)17-22-14-19-8-10-24(16-21(19)15-20-4-1-2-6-25(20)22)32-13-11-23-9-7-18-5-3-12-28-27(18)29-23/h1-2,4,6-10,16,22H,3,5,11-15,17H2,(H,28,29)(H,30,31). The van der Waals surface area contributed by atoms with E-state index in [1.807, 2.05) is 18.2 Å². The van der Waals surface area contributed by atoms with Gasteiger partial charge in [-0.25, -0.2) is 4.98 Å². The lowest BCUT2D eigenvalue weighted by Gasteiger charge is -2.17. The molecule has 2 N–H and O–H groups in total. The monoisotopic (exact) mass is 428 g/mol. The highest BCUT2D eigenvalue weighted by Crippen LogP contribution is 2.35. The average molecular weight is 429 g/mol. The predicted molar refractivity (Wildman–Crippen MR) is 125 cm³/mol. The molecule has 0 saturated heterocycles. The van der Waals surface area contributed by atoms with E-state index >= 15 is 0 Å². The van der Waals surface area contributed by atoms with Crippen LogP contribution in [0.3, 0.4) is 0 Å². The quantitative estimate of drug-likeness (QED) is 0.592. The molecule has 3 aromatic rings. The van der Waals surface area contributed by atoms with Crippen molar-refractivity contribution in [2.75, 3.05) is 18.5 Å². The second kappa shape index (κ2) is 9.03. The van der Waals surface area contributed by atoms with E-state index in [0.717, 1.165) is 61.5 Å². The van der Waals surface area contributed by atoms with Crippen LogP contribution in [0.4, 0.5) is 5.82 Å². The number of carboxylic acid groups (broad SMARTS) is 1. The molecule has 32 heavy (non-hydrogen) atoms. The lowest BCUT2D eigenvalue weighted by Crippen LogP contribution is -2.14. The summed E-state index contributed by atoms with van der Waals surface area (Å²) in [5.41, 5.74) is 7.13. The first-order chi connectivity index (χ1) is 15.7. The molecule has 1 atom stereocenters. The zero-order valence-electron chi connectivity index (χ0n) is 18.1. The highest BCUT2D eigenvalue weighted by atomic mass is 16.5. The lowest BCUT2D eigenvalue weighted by molar-refractivity contribution is -0.137. The van der Waals surface area contributed by atoms with E-state index in [9.17, 15) is 9.90 Å². The van der Waals surface area contributed by atoms with Crippen LogP contribution in [0, 0.1) is 0 Å². The van der Waals surface area contributed by atoms with Gasteiger partial charge in [0, 0.05) is 18.7 Å². The Kier molecular flexibility index (Phi) is 5.80. The number of aryl methyl sites for hydroxylation is 1. The van der Waals surface area contributed by atoms with Crippen molar-refractivity contribution in [2.45, 2.75) is 44.4 Å². The molecule has 1 aromatic heterocycles. The van der Waals surface area contributed by atoms with Gasteiger partial charge in [0.2, 0.25) is 0 Å². The SMILES string of the molecule is O=C(O)CC1Cc2ccc(OCCc3ccc4c(n3)NCCC4)cc2Cc2ccccc21. The number of rotatable bonds is 6. The predicted octanol–water partition coefficient (Wildman–Crippen LogP) is 4.77. The number of carbonyl (C=O) groups is 1. The van der Waals surface area contributed by atoms with Gasteiger partial charge in [0.1, 0.15) is 11.6 Å². The van der Waals surface area contributed by atoms with Gasteiger partial charge in [0.15, 0.2) is 0 Å². The molecule has 1 aliphatic carbocycles. The normalized spacial score (nSPS) is 16.7. The smallest absolute Gasteiger partial charge is 0.303 e. The summed E-state index contributed by atoms with van der Waals surface area (Å²) in [7, 11) is 0. The van der Waals surface area contributed by atoms with Crippen LogP contribution in [0.25, 0.3) is 0 Å². The Bertz CT molecular complexity index is 1140. The van der Waals surface area contributed by atoms with Crippen molar-refractivity contribution in [1.82, 2.24) is 4.98 Å². The topological polar surface area (TPSA) is 71.5 Å². The van der Waals surface area contributed by atoms with Crippen molar-refractivity contribution < 1.29 is 14.6 Å². The zero-order valence-corrected chi connectivity index (χ0v) is 18.1. The van der Waals surface area contributed by atoms with Crippen LogP contribution in [0.15, 0.2) is 54.6 Å². The Hall–Kier alpha value is -3.34. The summed E-state index contributed by atoms with van der Waals surface area (Å²) in [5, 5.41) is 12.8. The fourth-order valence-electron chi connectivity index (χ4n) is 4.90. The first-order valence-electron chi connectivity index (χ1n) is 11.4. The second-order valence-corrected chi connectivity index (χ2v) is 8.74. The fraction of sp³-hybridized carbons (Fsp3) is 0.333. The molecule has 5 heteroatoms. The molecule has 2 aliphatic rings. The molecule has 0 bridgehead atoms. The molecule has 5 nitrogen and oxygen atoms in total. The van der Waals surface area contributed by atoms with Crippen LogP contribution in [0.2, 0.25) is 0 Å². The Balaban J connectivity index is 1.29. The average Bonchev–Trinajstić information content (AvgIpc) is 2.95. The van der Waals surface area contributed by atoms with Gasteiger partial charge in [0.25, 0.3) is 0 Å². The Morgan fingerprint density at radius 3 is 2.84 bits per heavy atom. The number of hydrogen-bond donors (Lipinski definition) is 2. The molecule has 0 fully saturated rings. The number of pyridine rings is 1. The van der Waals surface area contributed by atoms with Gasteiger partial charge in [-0.2, -0.15) is 0 Å². The molecule has 164 valence electrons. The molecule has 2 heterocycles. The number of benzene rings is 2. The number of nitrogens with one attached hydrogen (secondary N) is 1. The van der Waals surface area contributed by atoms with Crippen LogP contribution in [0.5, 0.6) is 5.75 Å². The third-order valence-electron chi connectivity index (χ3n) is 6.52. The van der Waals surface area contributed by atoms with Crippen LogP contribution < -0.4 is 10.1 Å². The summed E-state index contributed by atoms with van der Waals surface area (Å²) in [5.74, 6) is 1.13. The zero-order chi connectivity index (χ0) is 21.9. The molecular formula is C27H28N2O3. The number of aromatic nitrogens is 1. The van der Waals surface area contributed by atoms with E-state index in [0.29, 0.717) is 6.61 Å². The van der Waals surface area contributed by atoms with Crippen molar-refractivity contribution in [1.29, 1.82) is 0 Å². The van der Waals surface area contributed by atoms with Gasteiger partial charge in [-0.3, -0.25) is 4.79 Å². The molecule has 1 unspecified atom stereocenters. The van der Waals surface area contributed by atoms with Crippen molar-refractivity contribution in [3.05, 3.63) is 88.1 Å². The van der Waals surface area contributed by atoms with Crippen molar-refractivity contribution >= 4 is 11.8 Å². The number of anilines is 1. The van der Waals surface area contributed by atoms with E-state index in [4.69, 9.17) is 9.72 Å². The largest absolute Gasteiger partial charge is 0.493 e. The lowest BCUT2D eigenvalue weighted by atomic mass is 9.89. The second-order valence-electron chi connectivity index (χ2n) is 8.74. The van der Waals surface area contributed by atoms with E-state index in [2.05, 4.69) is 41.7 Å². The van der Waals surface area contributed by atoms with E-state index in [-0.39, 0.29) is 12.3 Å². The number of nitrogens with zero attached hydrogens (tertiary/aromatic N) is 1. The Morgan fingerprint density at radius 2 is 1.94 bits per heavy atom. The summed E-state index contributed by atoms with van der Waals surface area (Å²) in [4.78, 5) is 16.2. The van der Waals surface area contributed by atoms with Gasteiger partial charge >= 0.3 is 5.97 Å². The van der Waals surface area contributed by atoms with Gasteiger partial charge in [-0.1, -0.05) is 36.4 Å². The molecular weight excluding hydrogens is 400 g/mol. The number of hydrogen-bond acceptors (Lipinski definition) is 4. The maximum absolute atomic E-state index is 11.4. The van der Waals surface area contributed by atoms with Crippen molar-refractivity contribution in [3.8, 4) is 5.75 Å². The van der Waals surface area contributed by atoms with Gasteiger partial charge < -0.3 is 15.2 Å². The summed E-state index contributed by atoms with van der Waals surface area (Å²) < 4.78 is 6.09. The minimum Gasteiger partial charge on any atom is -0.493 e. The minimum atomic E-state index is -0.751. The van der Waals surface area contributed by atoms with Crippen molar-refractivity contribution in [2.24, 2.45) is 0 Å². The fourth-order valence-corrected chi connectivity index (χ4v) is 4.90. The summed E-state index contributed by atoms with van der Waals surface area (Å²) >= 11 is 0. The third-order valence-corrected chi connectivity index (χ3v) is 6.52. The number of fused-ring (bicyclic) bond motifs is 3. The molecule has 5 rings (SSSR count). The number of aliphatic carboxylic acids is 1. The number of carboxylic acids is 1. The van der Waals surface area contributed by atoms with E-state index < -0.39 is 5.97 Å². The summed E-state index contributed by atoms with van der Waals surface area (Å²) in [6.45, 7) is 1.56. The van der Waals surface area contributed by atoms with Gasteiger partial charge in [-0.15, -0.1) is 0 Å². The van der Waals surface area contributed by atoms with Gasteiger partial charge in [-0.05, 0) is 77.6 Å². The van der Waals surface area contributed by atoms with E-state index in [1.54, 1.807) is 0 Å². The first-order valence-corrected chi connectivity index (χ1v) is 11.4. The molecule has 0 amide bonds. The summed E-state index contributed by atoms with van der Waals surface area (Å²) in [6, 6.07) is 18.7. The van der Waals surface area contributed by atoms with Crippen molar-refractivity contribution in [3.63, 3.8) is 0 Å². The first kappa shape index (κ1) is 20.6. The Morgan fingerprint density at radius 1 is 1.06 bits per heavy atom. The van der Waals surface area contributed by atoms with Crippen LogP contribution in [-0.2, 0) is 30.5 Å². The minimum absolute atomic E-state index is 0.000381. The van der Waals surface area contributed by atoms with Crippen LogP contribution in [-0.4, -0.2) is 29.2 Å². The molecule has 0 spiro atoms. The third kappa shape index (κ3) is 4.47. The Labute approximate surface area is 188 Å². The molecule has 0 saturated carbocycles. The maximum atomic E-state index is 11.4.